The highest BCUT2D eigenvalue weighted by Gasteiger charge is 2.26. The van der Waals surface area contributed by atoms with Crippen LogP contribution >= 0.6 is 11.6 Å². The smallest absolute Gasteiger partial charge is 0.358 e. The molecule has 0 amide bonds. The Morgan fingerprint density at radius 1 is 1.60 bits per heavy atom. The number of rotatable bonds is 2. The van der Waals surface area contributed by atoms with E-state index in [9.17, 15) is 13.6 Å². The van der Waals surface area contributed by atoms with Gasteiger partial charge < -0.3 is 4.74 Å². The van der Waals surface area contributed by atoms with Crippen molar-refractivity contribution in [2.24, 2.45) is 0 Å². The summed E-state index contributed by atoms with van der Waals surface area (Å²) in [5.74, 6) is -3.79. The normalized spacial score (nSPS) is 11.3. The molecule has 0 bridgehead atoms. The lowest BCUT2D eigenvalue weighted by molar-refractivity contribution is 0.0170. The van der Waals surface area contributed by atoms with Crippen molar-refractivity contribution >= 4 is 17.6 Å². The first-order chi connectivity index (χ1) is 6.86. The van der Waals surface area contributed by atoms with E-state index >= 15 is 0 Å². The first kappa shape index (κ1) is 11.8. The summed E-state index contributed by atoms with van der Waals surface area (Å²) < 4.78 is 30.0. The van der Waals surface area contributed by atoms with Gasteiger partial charge in [0.05, 0.1) is 12.1 Å². The molecule has 0 aliphatic carbocycles. The average molecular weight is 236 g/mol. The molecule has 0 atom stereocenters. The molecule has 1 aromatic heterocycles. The van der Waals surface area contributed by atoms with E-state index in [1.807, 2.05) is 0 Å². The molecule has 0 N–H and O–H groups in total. The minimum absolute atomic E-state index is 0.152. The maximum atomic E-state index is 12.8. The van der Waals surface area contributed by atoms with Crippen LogP contribution in [-0.4, -0.2) is 18.1 Å². The molecule has 1 aromatic rings. The van der Waals surface area contributed by atoms with Gasteiger partial charge in [0, 0.05) is 18.7 Å². The number of carbonyl (C=O) groups is 1. The zero-order valence-electron chi connectivity index (χ0n) is 8.05. The number of alkyl halides is 2. The molecule has 0 aromatic carbocycles. The van der Waals surface area contributed by atoms with Crippen LogP contribution in [0.5, 0.6) is 0 Å². The lowest BCUT2D eigenvalue weighted by Crippen LogP contribution is -2.11. The summed E-state index contributed by atoms with van der Waals surface area (Å²) in [6.07, 6.45) is 0.901. The number of methoxy groups -OCH3 is 1. The lowest BCUT2D eigenvalue weighted by atomic mass is 10.1. The Kier molecular flexibility index (Phi) is 3.24. The van der Waals surface area contributed by atoms with E-state index in [2.05, 4.69) is 9.72 Å². The Morgan fingerprint density at radius 3 is 2.60 bits per heavy atom. The van der Waals surface area contributed by atoms with Crippen molar-refractivity contribution in [2.45, 2.75) is 12.8 Å². The zero-order valence-corrected chi connectivity index (χ0v) is 8.81. The van der Waals surface area contributed by atoms with E-state index in [0.717, 1.165) is 26.3 Å². The molecule has 0 aliphatic heterocycles. The summed E-state index contributed by atoms with van der Waals surface area (Å²) in [4.78, 5) is 14.6. The molecular weight excluding hydrogens is 228 g/mol. The van der Waals surface area contributed by atoms with Crippen LogP contribution in [0, 0.1) is 0 Å². The van der Waals surface area contributed by atoms with Crippen LogP contribution in [0.15, 0.2) is 12.3 Å². The molecule has 1 rings (SSSR count). The van der Waals surface area contributed by atoms with Crippen molar-refractivity contribution < 1.29 is 18.3 Å². The molecule has 3 nitrogen and oxygen atoms in total. The molecule has 6 heteroatoms. The number of pyridine rings is 1. The van der Waals surface area contributed by atoms with Crippen molar-refractivity contribution in [1.82, 2.24) is 4.98 Å². The van der Waals surface area contributed by atoms with Crippen LogP contribution in [-0.2, 0) is 10.7 Å². The Bertz CT molecular complexity index is 390. The van der Waals surface area contributed by atoms with E-state index in [4.69, 9.17) is 11.6 Å². The Hall–Kier alpha value is -1.23. The summed E-state index contributed by atoms with van der Waals surface area (Å²) in [5.41, 5.74) is -0.521. The molecule has 82 valence electrons. The number of esters is 1. The van der Waals surface area contributed by atoms with Crippen molar-refractivity contribution in [3.05, 3.63) is 28.5 Å². The van der Waals surface area contributed by atoms with Crippen LogP contribution in [0.2, 0.25) is 5.02 Å². The van der Waals surface area contributed by atoms with Gasteiger partial charge in [0.2, 0.25) is 0 Å². The number of carbonyl (C=O) groups excluding carboxylic acids is 1. The summed E-state index contributed by atoms with van der Waals surface area (Å²) in [6, 6.07) is 1.00. The number of nitrogens with zero attached hydrogens (tertiary/aromatic N) is 1. The van der Waals surface area contributed by atoms with Crippen LogP contribution in [0.3, 0.4) is 0 Å². The zero-order chi connectivity index (χ0) is 11.6. The van der Waals surface area contributed by atoms with Gasteiger partial charge in [-0.2, -0.15) is 0 Å². The number of aromatic nitrogens is 1. The number of hydrogen-bond donors (Lipinski definition) is 0. The van der Waals surface area contributed by atoms with E-state index in [1.165, 1.54) is 0 Å². The molecule has 1 heterocycles. The number of halogens is 3. The van der Waals surface area contributed by atoms with Crippen LogP contribution in [0.4, 0.5) is 8.78 Å². The van der Waals surface area contributed by atoms with Crippen LogP contribution in [0.1, 0.15) is 23.0 Å². The molecule has 0 saturated carbocycles. The van der Waals surface area contributed by atoms with Gasteiger partial charge in [-0.1, -0.05) is 11.6 Å². The Balaban J connectivity index is 3.15. The van der Waals surface area contributed by atoms with Gasteiger partial charge in [0.1, 0.15) is 0 Å². The maximum absolute atomic E-state index is 12.8. The number of hydrogen-bond acceptors (Lipinski definition) is 3. The standard InChI is InChI=1S/C9H8ClF2NO2/c1-9(11,12)5-3-6(10)7(13-4-5)8(14)15-2/h3-4H,1-2H3. The van der Waals surface area contributed by atoms with E-state index in [0.29, 0.717) is 0 Å². The van der Waals surface area contributed by atoms with Crippen molar-refractivity contribution in [2.75, 3.05) is 7.11 Å². The second kappa shape index (κ2) is 4.10. The molecule has 0 radical (unpaired) electrons. The minimum Gasteiger partial charge on any atom is -0.464 e. The van der Waals surface area contributed by atoms with E-state index in [1.54, 1.807) is 0 Å². The predicted octanol–water partition coefficient (Wildman–Crippen LogP) is 2.63. The van der Waals surface area contributed by atoms with Gasteiger partial charge >= 0.3 is 5.97 Å². The summed E-state index contributed by atoms with van der Waals surface area (Å²) in [5, 5.41) is -0.152. The third-order valence-electron chi connectivity index (χ3n) is 1.73. The third kappa shape index (κ3) is 2.62. The molecular formula is C9H8ClF2NO2. The largest absolute Gasteiger partial charge is 0.464 e. The molecule has 0 unspecified atom stereocenters. The molecule has 0 spiro atoms. The fourth-order valence-electron chi connectivity index (χ4n) is 0.925. The highest BCUT2D eigenvalue weighted by atomic mass is 35.5. The molecule has 0 saturated heterocycles. The first-order valence-corrected chi connectivity index (χ1v) is 4.36. The minimum atomic E-state index is -3.04. The van der Waals surface area contributed by atoms with Gasteiger partial charge in [0.15, 0.2) is 5.69 Å². The lowest BCUT2D eigenvalue weighted by Gasteiger charge is -2.11. The van der Waals surface area contributed by atoms with Crippen LogP contribution < -0.4 is 0 Å². The fraction of sp³-hybridized carbons (Fsp3) is 0.333. The third-order valence-corrected chi connectivity index (χ3v) is 2.01. The topological polar surface area (TPSA) is 39.2 Å². The number of ether oxygens (including phenoxy) is 1. The Morgan fingerprint density at radius 2 is 2.20 bits per heavy atom. The maximum Gasteiger partial charge on any atom is 0.358 e. The summed E-state index contributed by atoms with van der Waals surface area (Å²) in [7, 11) is 1.16. The monoisotopic (exact) mass is 235 g/mol. The van der Waals surface area contributed by atoms with E-state index in [-0.39, 0.29) is 16.3 Å². The molecule has 0 fully saturated rings. The fourth-order valence-corrected chi connectivity index (χ4v) is 1.17. The predicted molar refractivity (Wildman–Crippen MR) is 50.2 cm³/mol. The van der Waals surface area contributed by atoms with Crippen molar-refractivity contribution in [1.29, 1.82) is 0 Å². The average Bonchev–Trinajstić information content (AvgIpc) is 2.15. The first-order valence-electron chi connectivity index (χ1n) is 3.98. The summed E-state index contributed by atoms with van der Waals surface area (Å²) >= 11 is 5.61. The quantitative estimate of drug-likeness (QED) is 0.740. The molecule has 15 heavy (non-hydrogen) atoms. The molecule has 0 aliphatic rings. The van der Waals surface area contributed by atoms with E-state index < -0.39 is 11.9 Å². The van der Waals surface area contributed by atoms with Crippen molar-refractivity contribution in [3.63, 3.8) is 0 Å². The van der Waals surface area contributed by atoms with Gasteiger partial charge in [-0.25, -0.2) is 18.6 Å². The van der Waals surface area contributed by atoms with Crippen molar-refractivity contribution in [3.8, 4) is 0 Å². The van der Waals surface area contributed by atoms with Gasteiger partial charge in [-0.3, -0.25) is 0 Å². The van der Waals surface area contributed by atoms with Crippen LogP contribution in [0.25, 0.3) is 0 Å². The van der Waals surface area contributed by atoms with Gasteiger partial charge in [0.25, 0.3) is 5.92 Å². The highest BCUT2D eigenvalue weighted by Crippen LogP contribution is 2.29. The highest BCUT2D eigenvalue weighted by molar-refractivity contribution is 6.33. The second-order valence-corrected chi connectivity index (χ2v) is 3.34. The summed E-state index contributed by atoms with van der Waals surface area (Å²) in [6.45, 7) is 0.720. The van der Waals surface area contributed by atoms with Gasteiger partial charge in [-0.15, -0.1) is 0 Å². The SMILES string of the molecule is COC(=O)c1ncc(C(C)(F)F)cc1Cl. The Labute approximate surface area is 90.0 Å². The second-order valence-electron chi connectivity index (χ2n) is 2.93. The van der Waals surface area contributed by atoms with Gasteiger partial charge in [-0.05, 0) is 6.07 Å².